The Labute approximate surface area is 132 Å². The van der Waals surface area contributed by atoms with Crippen LogP contribution < -0.4 is 15.2 Å². The first-order chi connectivity index (χ1) is 10.1. The molecule has 0 saturated carbocycles. The molecule has 5 nitrogen and oxygen atoms in total. The van der Waals surface area contributed by atoms with E-state index in [4.69, 9.17) is 15.2 Å². The fourth-order valence-electron chi connectivity index (χ4n) is 2.61. The number of ether oxygens (including phenoxy) is 2. The number of hydrogen-bond acceptors (Lipinski definition) is 4. The van der Waals surface area contributed by atoms with Crippen LogP contribution in [0.3, 0.4) is 0 Å². The van der Waals surface area contributed by atoms with E-state index in [9.17, 15) is 0 Å². The monoisotopic (exact) mass is 351 g/mol. The Balaban J connectivity index is 1.91. The van der Waals surface area contributed by atoms with Crippen LogP contribution in [0.5, 0.6) is 11.5 Å². The number of nitrogens with zero attached hydrogens (tertiary/aromatic N) is 2. The molecule has 21 heavy (non-hydrogen) atoms. The highest BCUT2D eigenvalue weighted by molar-refractivity contribution is 9.10. The maximum Gasteiger partial charge on any atom is 0.166 e. The lowest BCUT2D eigenvalue weighted by Crippen LogP contribution is -2.21. The summed E-state index contributed by atoms with van der Waals surface area (Å²) in [5, 5.41) is 4.40. The van der Waals surface area contributed by atoms with Gasteiger partial charge in [0.25, 0.3) is 0 Å². The van der Waals surface area contributed by atoms with Crippen molar-refractivity contribution in [1.82, 2.24) is 9.78 Å². The van der Waals surface area contributed by atoms with Gasteiger partial charge in [-0.2, -0.15) is 5.10 Å². The van der Waals surface area contributed by atoms with Crippen molar-refractivity contribution in [3.05, 3.63) is 39.6 Å². The highest BCUT2D eigenvalue weighted by Crippen LogP contribution is 2.37. The minimum absolute atomic E-state index is 0.173. The second kappa shape index (κ2) is 5.69. The maximum absolute atomic E-state index is 6.40. The molecule has 1 unspecified atom stereocenters. The van der Waals surface area contributed by atoms with Gasteiger partial charge in [0.2, 0.25) is 0 Å². The molecule has 112 valence electrons. The third kappa shape index (κ3) is 2.65. The van der Waals surface area contributed by atoms with Gasteiger partial charge in [0.1, 0.15) is 13.2 Å². The summed E-state index contributed by atoms with van der Waals surface area (Å²) in [6.07, 6.45) is 0.678. The van der Waals surface area contributed by atoms with Gasteiger partial charge in [0, 0.05) is 25.1 Å². The number of aryl methyl sites for hydroxylation is 2. The van der Waals surface area contributed by atoms with Gasteiger partial charge in [-0.05, 0) is 28.9 Å². The zero-order valence-electron chi connectivity index (χ0n) is 12.1. The molecule has 0 amide bonds. The summed E-state index contributed by atoms with van der Waals surface area (Å²) in [7, 11) is 1.93. The summed E-state index contributed by atoms with van der Waals surface area (Å²) < 4.78 is 14.2. The summed E-state index contributed by atoms with van der Waals surface area (Å²) in [5.41, 5.74) is 9.42. The van der Waals surface area contributed by atoms with E-state index in [1.165, 1.54) is 0 Å². The standard InChI is InChI=1S/C15H18BrN3O2/c1-9-14(16)12(19(2)18-9)8-11(17)10-4-3-5-13-15(10)21-7-6-20-13/h3-5,11H,6-8,17H2,1-2H3. The van der Waals surface area contributed by atoms with Crippen LogP contribution in [0.2, 0.25) is 0 Å². The first kappa shape index (κ1) is 14.4. The Kier molecular flexibility index (Phi) is 3.91. The number of hydrogen-bond donors (Lipinski definition) is 1. The predicted molar refractivity (Wildman–Crippen MR) is 83.7 cm³/mol. The second-order valence-electron chi connectivity index (χ2n) is 5.15. The molecule has 2 heterocycles. The van der Waals surface area contributed by atoms with E-state index in [0.717, 1.165) is 32.9 Å². The highest BCUT2D eigenvalue weighted by Gasteiger charge is 2.22. The van der Waals surface area contributed by atoms with E-state index in [2.05, 4.69) is 21.0 Å². The number of fused-ring (bicyclic) bond motifs is 1. The van der Waals surface area contributed by atoms with Crippen molar-refractivity contribution in [1.29, 1.82) is 0 Å². The van der Waals surface area contributed by atoms with E-state index in [0.29, 0.717) is 19.6 Å². The van der Waals surface area contributed by atoms with Crippen molar-refractivity contribution < 1.29 is 9.47 Å². The number of aromatic nitrogens is 2. The van der Waals surface area contributed by atoms with Crippen LogP contribution in [0.15, 0.2) is 22.7 Å². The largest absolute Gasteiger partial charge is 0.486 e. The minimum atomic E-state index is -0.173. The first-order valence-corrected chi connectivity index (χ1v) is 7.69. The molecular weight excluding hydrogens is 334 g/mol. The van der Waals surface area contributed by atoms with Gasteiger partial charge >= 0.3 is 0 Å². The van der Waals surface area contributed by atoms with E-state index in [1.807, 2.05) is 36.9 Å². The third-order valence-corrected chi connectivity index (χ3v) is 4.70. The van der Waals surface area contributed by atoms with Crippen LogP contribution >= 0.6 is 15.9 Å². The molecule has 1 atom stereocenters. The third-order valence-electron chi connectivity index (χ3n) is 3.67. The van der Waals surface area contributed by atoms with E-state index in [1.54, 1.807) is 0 Å². The molecule has 0 saturated heterocycles. The summed E-state index contributed by atoms with van der Waals surface area (Å²) in [6.45, 7) is 3.11. The molecule has 1 aromatic heterocycles. The van der Waals surface area contributed by atoms with Gasteiger partial charge in [0.05, 0.1) is 15.9 Å². The Morgan fingerprint density at radius 1 is 1.38 bits per heavy atom. The molecule has 1 aliphatic heterocycles. The predicted octanol–water partition coefficient (Wildman–Crippen LogP) is 2.50. The first-order valence-electron chi connectivity index (χ1n) is 6.90. The van der Waals surface area contributed by atoms with Crippen LogP contribution in [0, 0.1) is 6.92 Å². The molecule has 2 N–H and O–H groups in total. The van der Waals surface area contributed by atoms with Gasteiger partial charge in [-0.25, -0.2) is 0 Å². The molecule has 0 bridgehead atoms. The zero-order valence-corrected chi connectivity index (χ0v) is 13.7. The lowest BCUT2D eigenvalue weighted by atomic mass is 10.0. The van der Waals surface area contributed by atoms with Crippen molar-refractivity contribution in [2.45, 2.75) is 19.4 Å². The van der Waals surface area contributed by atoms with E-state index in [-0.39, 0.29) is 6.04 Å². The van der Waals surface area contributed by atoms with Gasteiger partial charge in [-0.15, -0.1) is 0 Å². The van der Waals surface area contributed by atoms with Crippen LogP contribution in [-0.2, 0) is 13.5 Å². The number of para-hydroxylation sites is 1. The van der Waals surface area contributed by atoms with Crippen LogP contribution in [-0.4, -0.2) is 23.0 Å². The highest BCUT2D eigenvalue weighted by atomic mass is 79.9. The molecule has 0 aliphatic carbocycles. The normalized spacial score (nSPS) is 15.0. The quantitative estimate of drug-likeness (QED) is 0.922. The van der Waals surface area contributed by atoms with Crippen LogP contribution in [0.25, 0.3) is 0 Å². The van der Waals surface area contributed by atoms with Crippen molar-refractivity contribution >= 4 is 15.9 Å². The molecule has 1 aliphatic rings. The lowest BCUT2D eigenvalue weighted by molar-refractivity contribution is 0.169. The van der Waals surface area contributed by atoms with Crippen LogP contribution in [0.4, 0.5) is 0 Å². The second-order valence-corrected chi connectivity index (χ2v) is 5.94. The topological polar surface area (TPSA) is 62.3 Å². The van der Waals surface area contributed by atoms with Gasteiger partial charge < -0.3 is 15.2 Å². The average molecular weight is 352 g/mol. The molecule has 2 aromatic rings. The number of benzene rings is 1. The Morgan fingerprint density at radius 2 is 2.14 bits per heavy atom. The molecule has 3 rings (SSSR count). The molecular formula is C15H18BrN3O2. The molecule has 0 fully saturated rings. The van der Waals surface area contributed by atoms with E-state index < -0.39 is 0 Å². The fraction of sp³-hybridized carbons (Fsp3) is 0.400. The van der Waals surface area contributed by atoms with Crippen molar-refractivity contribution in [3.63, 3.8) is 0 Å². The number of halogens is 1. The zero-order chi connectivity index (χ0) is 15.0. The maximum atomic E-state index is 6.40. The Bertz CT molecular complexity index is 669. The summed E-state index contributed by atoms with van der Waals surface area (Å²) in [6, 6.07) is 5.68. The number of rotatable bonds is 3. The lowest BCUT2D eigenvalue weighted by Gasteiger charge is -2.23. The Morgan fingerprint density at radius 3 is 2.86 bits per heavy atom. The number of nitrogens with two attached hydrogens (primary N) is 1. The summed E-state index contributed by atoms with van der Waals surface area (Å²) in [4.78, 5) is 0. The van der Waals surface area contributed by atoms with Crippen LogP contribution in [0.1, 0.15) is 23.0 Å². The Hall–Kier alpha value is -1.53. The fourth-order valence-corrected chi connectivity index (χ4v) is 3.11. The summed E-state index contributed by atoms with van der Waals surface area (Å²) >= 11 is 3.58. The SMILES string of the molecule is Cc1nn(C)c(CC(N)c2cccc3c2OCCO3)c1Br. The molecule has 1 aromatic carbocycles. The smallest absolute Gasteiger partial charge is 0.166 e. The van der Waals surface area contributed by atoms with Gasteiger partial charge in [0.15, 0.2) is 11.5 Å². The van der Waals surface area contributed by atoms with Gasteiger partial charge in [-0.1, -0.05) is 12.1 Å². The van der Waals surface area contributed by atoms with Gasteiger partial charge in [-0.3, -0.25) is 4.68 Å². The molecule has 0 radical (unpaired) electrons. The van der Waals surface area contributed by atoms with Crippen molar-refractivity contribution in [3.8, 4) is 11.5 Å². The molecule has 0 spiro atoms. The summed E-state index contributed by atoms with van der Waals surface area (Å²) in [5.74, 6) is 1.54. The average Bonchev–Trinajstić information content (AvgIpc) is 2.73. The van der Waals surface area contributed by atoms with Crippen molar-refractivity contribution in [2.75, 3.05) is 13.2 Å². The van der Waals surface area contributed by atoms with Crippen molar-refractivity contribution in [2.24, 2.45) is 12.8 Å². The van der Waals surface area contributed by atoms with E-state index >= 15 is 0 Å². The minimum Gasteiger partial charge on any atom is -0.486 e. The molecule has 6 heteroatoms.